The normalized spacial score (nSPS) is 21.5. The number of rotatable bonds is 4. The van der Waals surface area contributed by atoms with Gasteiger partial charge in [-0.2, -0.15) is 0 Å². The largest absolute Gasteiger partial charge is 0.490 e. The molecule has 17 heavy (non-hydrogen) atoms. The lowest BCUT2D eigenvalue weighted by molar-refractivity contribution is 0.138. The third-order valence-electron chi connectivity index (χ3n) is 3.15. The van der Waals surface area contributed by atoms with Crippen molar-refractivity contribution in [3.8, 4) is 5.75 Å². The van der Waals surface area contributed by atoms with Crippen molar-refractivity contribution in [3.05, 3.63) is 28.2 Å². The molecule has 0 bridgehead atoms. The highest BCUT2D eigenvalue weighted by Gasteiger charge is 2.25. The van der Waals surface area contributed by atoms with E-state index in [1.807, 2.05) is 12.1 Å². The molecule has 94 valence electrons. The Labute approximate surface area is 112 Å². The minimum absolute atomic E-state index is 0.236. The van der Waals surface area contributed by atoms with E-state index >= 15 is 0 Å². The lowest BCUT2D eigenvalue weighted by atomic mass is 9.99. The van der Waals surface area contributed by atoms with Crippen molar-refractivity contribution < 1.29 is 4.74 Å². The second-order valence-corrected chi connectivity index (χ2v) is 5.30. The van der Waals surface area contributed by atoms with E-state index in [1.165, 1.54) is 6.42 Å². The molecule has 2 rings (SSSR count). The summed E-state index contributed by atoms with van der Waals surface area (Å²) >= 11 is 11.9. The van der Waals surface area contributed by atoms with Crippen molar-refractivity contribution in [1.82, 2.24) is 5.32 Å². The molecule has 0 aromatic heterocycles. The van der Waals surface area contributed by atoms with Crippen LogP contribution >= 0.6 is 23.2 Å². The summed E-state index contributed by atoms with van der Waals surface area (Å²) in [5.41, 5.74) is 0. The minimum atomic E-state index is 0.236. The number of ether oxygens (including phenoxy) is 1. The van der Waals surface area contributed by atoms with Gasteiger partial charge in [0.25, 0.3) is 0 Å². The average Bonchev–Trinajstić information content (AvgIpc) is 2.77. The molecule has 1 fully saturated rings. The molecule has 0 aliphatic carbocycles. The van der Waals surface area contributed by atoms with Crippen molar-refractivity contribution in [2.45, 2.75) is 25.9 Å². The van der Waals surface area contributed by atoms with E-state index < -0.39 is 0 Å². The molecule has 0 saturated carbocycles. The van der Waals surface area contributed by atoms with Crippen LogP contribution in [-0.4, -0.2) is 19.2 Å². The number of hydrogen-bond acceptors (Lipinski definition) is 2. The van der Waals surface area contributed by atoms with Crippen LogP contribution in [0.25, 0.3) is 0 Å². The molecule has 4 heteroatoms. The van der Waals surface area contributed by atoms with Crippen LogP contribution in [0.3, 0.4) is 0 Å². The fourth-order valence-electron chi connectivity index (χ4n) is 2.28. The van der Waals surface area contributed by atoms with Crippen molar-refractivity contribution in [1.29, 1.82) is 0 Å². The number of hydrogen-bond donors (Lipinski definition) is 1. The summed E-state index contributed by atoms with van der Waals surface area (Å²) in [5, 5.41) is 4.60. The maximum atomic E-state index is 6.00. The molecule has 1 saturated heterocycles. The molecular weight excluding hydrogens is 257 g/mol. The van der Waals surface area contributed by atoms with E-state index in [0.717, 1.165) is 25.3 Å². The quantitative estimate of drug-likeness (QED) is 0.902. The first-order valence-corrected chi connectivity index (χ1v) is 6.78. The summed E-state index contributed by atoms with van der Waals surface area (Å²) in [5.74, 6) is 1.35. The number of benzene rings is 1. The SMILES string of the molecule is CC[C@H](Oc1cc(Cl)cc(Cl)c1)C1CCNC1. The molecule has 1 aromatic carbocycles. The Morgan fingerprint density at radius 3 is 2.59 bits per heavy atom. The van der Waals surface area contributed by atoms with Crippen molar-refractivity contribution in [2.75, 3.05) is 13.1 Å². The first-order valence-electron chi connectivity index (χ1n) is 6.02. The molecular formula is C13H17Cl2NO. The van der Waals surface area contributed by atoms with E-state index in [0.29, 0.717) is 16.0 Å². The fraction of sp³-hybridized carbons (Fsp3) is 0.538. The Kier molecular flexibility index (Phi) is 4.55. The van der Waals surface area contributed by atoms with Gasteiger partial charge in [0, 0.05) is 22.5 Å². The first-order chi connectivity index (χ1) is 8.19. The Hall–Kier alpha value is -0.440. The summed E-state index contributed by atoms with van der Waals surface area (Å²) in [6, 6.07) is 5.35. The van der Waals surface area contributed by atoms with E-state index in [4.69, 9.17) is 27.9 Å². The molecule has 1 heterocycles. The molecule has 1 unspecified atom stereocenters. The Morgan fingerprint density at radius 2 is 2.06 bits per heavy atom. The predicted molar refractivity (Wildman–Crippen MR) is 72.1 cm³/mol. The molecule has 1 aromatic rings. The molecule has 1 aliphatic heterocycles. The zero-order chi connectivity index (χ0) is 12.3. The average molecular weight is 274 g/mol. The van der Waals surface area contributed by atoms with Crippen LogP contribution < -0.4 is 10.1 Å². The highest BCUT2D eigenvalue weighted by atomic mass is 35.5. The maximum Gasteiger partial charge on any atom is 0.122 e. The first kappa shape index (κ1) is 13.0. The van der Waals surface area contributed by atoms with Gasteiger partial charge in [-0.05, 0) is 37.6 Å². The lowest BCUT2D eigenvalue weighted by Gasteiger charge is -2.23. The van der Waals surface area contributed by atoms with Gasteiger partial charge in [-0.25, -0.2) is 0 Å². The Morgan fingerprint density at radius 1 is 1.35 bits per heavy atom. The van der Waals surface area contributed by atoms with Crippen LogP contribution in [0, 0.1) is 5.92 Å². The summed E-state index contributed by atoms with van der Waals surface area (Å²) < 4.78 is 6.00. The van der Waals surface area contributed by atoms with Crippen LogP contribution in [0.15, 0.2) is 18.2 Å². The maximum absolute atomic E-state index is 6.00. The van der Waals surface area contributed by atoms with Gasteiger partial charge >= 0.3 is 0 Å². The van der Waals surface area contributed by atoms with Gasteiger partial charge in [0.15, 0.2) is 0 Å². The van der Waals surface area contributed by atoms with Gasteiger partial charge in [-0.1, -0.05) is 30.1 Å². The zero-order valence-electron chi connectivity index (χ0n) is 9.88. The van der Waals surface area contributed by atoms with Crippen LogP contribution in [0.4, 0.5) is 0 Å². The van der Waals surface area contributed by atoms with Gasteiger partial charge in [-0.3, -0.25) is 0 Å². The molecule has 1 N–H and O–H groups in total. The summed E-state index contributed by atoms with van der Waals surface area (Å²) in [4.78, 5) is 0. The molecule has 1 aliphatic rings. The monoisotopic (exact) mass is 273 g/mol. The van der Waals surface area contributed by atoms with Crippen LogP contribution in [0.2, 0.25) is 10.0 Å². The van der Waals surface area contributed by atoms with Crippen molar-refractivity contribution >= 4 is 23.2 Å². The lowest BCUT2D eigenvalue weighted by Crippen LogP contribution is -2.28. The number of halogens is 2. The molecule has 2 atom stereocenters. The zero-order valence-corrected chi connectivity index (χ0v) is 11.4. The smallest absolute Gasteiger partial charge is 0.122 e. The topological polar surface area (TPSA) is 21.3 Å². The van der Waals surface area contributed by atoms with Crippen LogP contribution in [0.5, 0.6) is 5.75 Å². The second-order valence-electron chi connectivity index (χ2n) is 4.42. The molecule has 0 amide bonds. The van der Waals surface area contributed by atoms with Gasteiger partial charge in [0.05, 0.1) is 0 Å². The van der Waals surface area contributed by atoms with Crippen LogP contribution in [0.1, 0.15) is 19.8 Å². The summed E-state index contributed by atoms with van der Waals surface area (Å²) in [7, 11) is 0. The van der Waals surface area contributed by atoms with E-state index in [2.05, 4.69) is 12.2 Å². The third-order valence-corrected chi connectivity index (χ3v) is 3.59. The van der Waals surface area contributed by atoms with Crippen LogP contribution in [-0.2, 0) is 0 Å². The Bertz CT molecular complexity index is 357. The molecule has 2 nitrogen and oxygen atoms in total. The summed E-state index contributed by atoms with van der Waals surface area (Å²) in [6.07, 6.45) is 2.41. The highest BCUT2D eigenvalue weighted by Crippen LogP contribution is 2.27. The fourth-order valence-corrected chi connectivity index (χ4v) is 2.78. The van der Waals surface area contributed by atoms with Gasteiger partial charge in [0.2, 0.25) is 0 Å². The standard InChI is InChI=1S/C13H17Cl2NO/c1-2-13(9-3-4-16-8-9)17-12-6-10(14)5-11(15)7-12/h5-7,9,13,16H,2-4,8H2,1H3/t9?,13-/m0/s1. The second kappa shape index (κ2) is 5.94. The predicted octanol–water partition coefficient (Wildman–Crippen LogP) is 3.76. The van der Waals surface area contributed by atoms with Gasteiger partial charge < -0.3 is 10.1 Å². The molecule has 0 radical (unpaired) electrons. The van der Waals surface area contributed by atoms with Crippen molar-refractivity contribution in [3.63, 3.8) is 0 Å². The van der Waals surface area contributed by atoms with Crippen molar-refractivity contribution in [2.24, 2.45) is 5.92 Å². The van der Waals surface area contributed by atoms with Gasteiger partial charge in [-0.15, -0.1) is 0 Å². The summed E-state index contributed by atoms with van der Waals surface area (Å²) in [6.45, 7) is 4.27. The molecule has 0 spiro atoms. The third kappa shape index (κ3) is 3.51. The minimum Gasteiger partial charge on any atom is -0.490 e. The Balaban J connectivity index is 2.06. The van der Waals surface area contributed by atoms with E-state index in [1.54, 1.807) is 6.07 Å². The highest BCUT2D eigenvalue weighted by molar-refractivity contribution is 6.34. The van der Waals surface area contributed by atoms with Gasteiger partial charge in [0.1, 0.15) is 11.9 Å². The van der Waals surface area contributed by atoms with E-state index in [9.17, 15) is 0 Å². The van der Waals surface area contributed by atoms with E-state index in [-0.39, 0.29) is 6.10 Å². The number of nitrogens with one attached hydrogen (secondary N) is 1.